The minimum atomic E-state index is 0.884. The Bertz CT molecular complexity index is 42.0. The van der Waals surface area contributed by atoms with Gasteiger partial charge >= 0.3 is 0 Å². The summed E-state index contributed by atoms with van der Waals surface area (Å²) >= 11 is 0. The molecule has 0 radical (unpaired) electrons. The molecule has 0 aromatic heterocycles. The zero-order valence-electron chi connectivity index (χ0n) is 17.1. The molecule has 0 bridgehead atoms. The zero-order chi connectivity index (χ0) is 17.1. The van der Waals surface area contributed by atoms with Crippen molar-refractivity contribution in [3.63, 3.8) is 0 Å². The Hall–Kier alpha value is 0. The molecule has 0 aromatic rings. The summed E-state index contributed by atoms with van der Waals surface area (Å²) in [5.41, 5.74) is 0. The molecule has 0 nitrogen and oxygen atoms in total. The lowest BCUT2D eigenvalue weighted by molar-refractivity contribution is 0.626. The molecule has 0 aliphatic rings. The fourth-order valence-corrected chi connectivity index (χ4v) is 0.500. The Morgan fingerprint density at radius 1 is 0.526 bits per heavy atom. The Morgan fingerprint density at radius 2 is 0.684 bits per heavy atom. The van der Waals surface area contributed by atoms with Gasteiger partial charge in [-0.3, -0.25) is 0 Å². The Kier molecular flexibility index (Phi) is 156. The van der Waals surface area contributed by atoms with Crippen molar-refractivity contribution in [1.82, 2.24) is 0 Å². The van der Waals surface area contributed by atoms with Crippen LogP contribution < -0.4 is 0 Å². The molecular weight excluding hydrogens is 228 g/mol. The van der Waals surface area contributed by atoms with Crippen LogP contribution in [0.4, 0.5) is 0 Å². The van der Waals surface area contributed by atoms with Gasteiger partial charge in [0.05, 0.1) is 0 Å². The summed E-state index contributed by atoms with van der Waals surface area (Å²) in [4.78, 5) is 0. The maximum atomic E-state index is 2.23. The van der Waals surface area contributed by atoms with Crippen LogP contribution in [0.25, 0.3) is 0 Å². The summed E-state index contributed by atoms with van der Waals surface area (Å²) in [5.74, 6) is 0.884. The van der Waals surface area contributed by atoms with Gasteiger partial charge in [0.1, 0.15) is 0 Å². The van der Waals surface area contributed by atoms with Gasteiger partial charge in [-0.25, -0.2) is 0 Å². The maximum absolute atomic E-state index is 2.23. The molecule has 126 valence electrons. The Morgan fingerprint density at radius 3 is 0.737 bits per heavy atom. The molecule has 0 fully saturated rings. The molecule has 0 unspecified atom stereocenters. The van der Waals surface area contributed by atoms with Crippen molar-refractivity contribution < 1.29 is 0 Å². The van der Waals surface area contributed by atoms with Gasteiger partial charge < -0.3 is 0 Å². The van der Waals surface area contributed by atoms with Crippen LogP contribution in [0, 0.1) is 5.92 Å². The van der Waals surface area contributed by atoms with Crippen LogP contribution in [-0.4, -0.2) is 0 Å². The van der Waals surface area contributed by atoms with Gasteiger partial charge in [0.2, 0.25) is 0 Å². The molecule has 0 saturated heterocycles. The van der Waals surface area contributed by atoms with Crippen molar-refractivity contribution in [3.8, 4) is 0 Å². The summed E-state index contributed by atoms with van der Waals surface area (Å²) in [6.07, 6.45) is 6.84. The number of hydrogen-bond donors (Lipinski definition) is 0. The lowest BCUT2D eigenvalue weighted by atomic mass is 10.2. The topological polar surface area (TPSA) is 0 Å². The first-order valence-electron chi connectivity index (χ1n) is 9.18. The third-order valence-electron chi connectivity index (χ3n) is 1.77. The van der Waals surface area contributed by atoms with E-state index in [-0.39, 0.29) is 0 Å². The molecule has 0 aliphatic carbocycles. The van der Waals surface area contributed by atoms with Crippen LogP contribution in [0.5, 0.6) is 0 Å². The summed E-state index contributed by atoms with van der Waals surface area (Å²) in [6.45, 7) is 27.1. The second kappa shape index (κ2) is 81.3. The van der Waals surface area contributed by atoms with Gasteiger partial charge in [-0.1, -0.05) is 122 Å². The van der Waals surface area contributed by atoms with Crippen molar-refractivity contribution in [1.29, 1.82) is 0 Å². The minimum absolute atomic E-state index is 0.884. The third-order valence-corrected chi connectivity index (χ3v) is 1.77. The van der Waals surface area contributed by atoms with Gasteiger partial charge in [-0.2, -0.15) is 0 Å². The first kappa shape index (κ1) is 36.4. The molecular formula is C19H50. The zero-order valence-corrected chi connectivity index (χ0v) is 17.1. The van der Waals surface area contributed by atoms with E-state index in [0.717, 1.165) is 5.92 Å². The SMILES string of the molecule is CC.CC.CC.CC.CCC(C)C.CCCCCC. The molecule has 0 spiro atoms. The molecule has 0 heterocycles. The van der Waals surface area contributed by atoms with E-state index in [9.17, 15) is 0 Å². The monoisotopic (exact) mass is 278 g/mol. The van der Waals surface area contributed by atoms with Crippen LogP contribution in [0.2, 0.25) is 0 Å². The molecule has 0 N–H and O–H groups in total. The lowest BCUT2D eigenvalue weighted by Gasteiger charge is -1.90. The van der Waals surface area contributed by atoms with Crippen molar-refractivity contribution in [3.05, 3.63) is 0 Å². The average molecular weight is 279 g/mol. The number of unbranched alkanes of at least 4 members (excludes halogenated alkanes) is 3. The second-order valence-corrected chi connectivity index (χ2v) is 3.51. The van der Waals surface area contributed by atoms with E-state index < -0.39 is 0 Å². The molecule has 0 aliphatic heterocycles. The first-order valence-corrected chi connectivity index (χ1v) is 9.18. The molecule has 0 saturated carbocycles. The van der Waals surface area contributed by atoms with Gasteiger partial charge in [0.25, 0.3) is 0 Å². The molecule has 0 amide bonds. The predicted octanol–water partition coefficient (Wildman–Crippen LogP) is 8.74. The minimum Gasteiger partial charge on any atom is -0.0683 e. The molecule has 19 heavy (non-hydrogen) atoms. The van der Waals surface area contributed by atoms with Crippen molar-refractivity contribution in [2.45, 2.75) is 122 Å². The standard InChI is InChI=1S/C6H14.C5H12.4C2H6/c1-3-5-6-4-2;1-4-5(2)3;4*1-2/h3-6H2,1-2H3;5H,4H2,1-3H3;4*1-2H3. The highest BCUT2D eigenvalue weighted by Gasteiger charge is 1.80. The highest BCUT2D eigenvalue weighted by atomic mass is 13.9. The summed E-state index contributed by atoms with van der Waals surface area (Å²) < 4.78 is 0. The fourth-order valence-electron chi connectivity index (χ4n) is 0.500. The van der Waals surface area contributed by atoms with E-state index in [1.807, 2.05) is 55.4 Å². The van der Waals surface area contributed by atoms with E-state index in [0.29, 0.717) is 0 Å². The Balaban J connectivity index is -0.0000000294. The van der Waals surface area contributed by atoms with Crippen LogP contribution in [-0.2, 0) is 0 Å². The quantitative estimate of drug-likeness (QED) is 0.451. The van der Waals surface area contributed by atoms with Gasteiger partial charge in [0.15, 0.2) is 0 Å². The maximum Gasteiger partial charge on any atom is -0.0474 e. The van der Waals surface area contributed by atoms with E-state index in [1.165, 1.54) is 32.1 Å². The smallest absolute Gasteiger partial charge is 0.0474 e. The Labute approximate surface area is 128 Å². The van der Waals surface area contributed by atoms with E-state index in [1.54, 1.807) is 0 Å². The van der Waals surface area contributed by atoms with Crippen LogP contribution in [0.1, 0.15) is 122 Å². The normalized spacial score (nSPS) is 6.63. The molecule has 0 rings (SSSR count). The van der Waals surface area contributed by atoms with Crippen LogP contribution in [0.3, 0.4) is 0 Å². The summed E-state index contributed by atoms with van der Waals surface area (Å²) in [7, 11) is 0. The van der Waals surface area contributed by atoms with Crippen molar-refractivity contribution in [2.24, 2.45) is 5.92 Å². The van der Waals surface area contributed by atoms with Crippen molar-refractivity contribution >= 4 is 0 Å². The molecule has 0 atom stereocenters. The lowest BCUT2D eigenvalue weighted by Crippen LogP contribution is -1.77. The van der Waals surface area contributed by atoms with Crippen LogP contribution in [0.15, 0.2) is 0 Å². The van der Waals surface area contributed by atoms with Crippen molar-refractivity contribution in [2.75, 3.05) is 0 Å². The highest BCUT2D eigenvalue weighted by molar-refractivity contribution is 4.32. The summed E-state index contributed by atoms with van der Waals surface area (Å²) in [6, 6.07) is 0. The largest absolute Gasteiger partial charge is 0.0683 e. The van der Waals surface area contributed by atoms with Gasteiger partial charge in [-0.05, 0) is 5.92 Å². The molecule has 0 heteroatoms. The number of rotatable bonds is 4. The van der Waals surface area contributed by atoms with E-state index in [4.69, 9.17) is 0 Å². The first-order chi connectivity index (χ1) is 9.18. The number of hydrogen-bond acceptors (Lipinski definition) is 0. The van der Waals surface area contributed by atoms with E-state index >= 15 is 0 Å². The summed E-state index contributed by atoms with van der Waals surface area (Å²) in [5, 5.41) is 0. The molecule has 0 aromatic carbocycles. The predicted molar refractivity (Wildman–Crippen MR) is 100 cm³/mol. The van der Waals surface area contributed by atoms with Gasteiger partial charge in [-0.15, -0.1) is 0 Å². The fraction of sp³-hybridized carbons (Fsp3) is 1.00. The highest BCUT2D eigenvalue weighted by Crippen LogP contribution is 1.95. The third kappa shape index (κ3) is 184. The van der Waals surface area contributed by atoms with Crippen LogP contribution >= 0.6 is 0 Å². The van der Waals surface area contributed by atoms with Gasteiger partial charge in [0, 0.05) is 0 Å². The second-order valence-electron chi connectivity index (χ2n) is 3.51. The average Bonchev–Trinajstić information content (AvgIpc) is 2.53. The van der Waals surface area contributed by atoms with E-state index in [2.05, 4.69) is 34.6 Å².